The molecule has 1 heterocycles. The van der Waals surface area contributed by atoms with E-state index >= 15 is 0 Å². The summed E-state index contributed by atoms with van der Waals surface area (Å²) >= 11 is 13.2. The van der Waals surface area contributed by atoms with Gasteiger partial charge in [0.2, 0.25) is 11.8 Å². The molecule has 4 nitrogen and oxygen atoms in total. The molecule has 4 rings (SSSR count). The van der Waals surface area contributed by atoms with Gasteiger partial charge in [0.15, 0.2) is 0 Å². The Morgan fingerprint density at radius 1 is 1.18 bits per heavy atom. The molecule has 8 heteroatoms. The lowest BCUT2D eigenvalue weighted by molar-refractivity contribution is -0.136. The Bertz CT molecular complexity index is 974. The molecule has 2 fully saturated rings. The number of hydrogen-bond acceptors (Lipinski definition) is 3. The predicted octanol–water partition coefficient (Wildman–Crippen LogP) is 6.11. The molecule has 0 radical (unpaired) electrons. The highest BCUT2D eigenvalue weighted by Gasteiger charge is 2.42. The summed E-state index contributed by atoms with van der Waals surface area (Å²) in [5.41, 5.74) is 2.20. The predicted molar refractivity (Wildman–Crippen MR) is 124 cm³/mol. The summed E-state index contributed by atoms with van der Waals surface area (Å²) in [6, 6.07) is 3.64. The lowest BCUT2D eigenvalue weighted by Gasteiger charge is -2.34. The van der Waals surface area contributed by atoms with Crippen LogP contribution in [0, 0.1) is 5.92 Å². The van der Waals surface area contributed by atoms with Crippen LogP contribution in [0.1, 0.15) is 55.6 Å². The van der Waals surface area contributed by atoms with E-state index < -0.39 is 5.92 Å². The average molecular weight is 498 g/mol. The minimum absolute atomic E-state index is 0.0112. The number of ether oxygens (including phenoxy) is 1. The molecule has 1 unspecified atom stereocenters. The van der Waals surface area contributed by atoms with E-state index in [1.807, 2.05) is 24.3 Å². The number of rotatable bonds is 5. The zero-order valence-corrected chi connectivity index (χ0v) is 20.0. The van der Waals surface area contributed by atoms with Crippen LogP contribution in [0.25, 0.3) is 0 Å². The van der Waals surface area contributed by atoms with Gasteiger partial charge in [-0.05, 0) is 55.4 Å². The third-order valence-electron chi connectivity index (χ3n) is 7.04. The van der Waals surface area contributed by atoms with Crippen molar-refractivity contribution in [1.29, 1.82) is 0 Å². The van der Waals surface area contributed by atoms with Gasteiger partial charge in [-0.2, -0.15) is 0 Å². The second-order valence-electron chi connectivity index (χ2n) is 9.12. The quantitative estimate of drug-likeness (QED) is 0.461. The minimum Gasteiger partial charge on any atom is -0.465 e. The van der Waals surface area contributed by atoms with Crippen molar-refractivity contribution in [3.8, 4) is 0 Å². The van der Waals surface area contributed by atoms with Crippen molar-refractivity contribution in [3.05, 3.63) is 57.1 Å². The summed E-state index contributed by atoms with van der Waals surface area (Å²) in [5, 5.41) is 1.02. The Kier molecular flexibility index (Phi) is 7.15. The van der Waals surface area contributed by atoms with Crippen LogP contribution in [0.2, 0.25) is 10.0 Å². The number of allylic oxidation sites excluding steroid dienone is 2. The van der Waals surface area contributed by atoms with Gasteiger partial charge in [0.1, 0.15) is 0 Å². The number of carbonyl (C=O) groups is 2. The largest absolute Gasteiger partial charge is 0.465 e. The van der Waals surface area contributed by atoms with Gasteiger partial charge >= 0.3 is 5.97 Å². The number of benzene rings is 1. The van der Waals surface area contributed by atoms with Crippen molar-refractivity contribution in [1.82, 2.24) is 4.90 Å². The number of carbonyl (C=O) groups excluding carboxylic acids is 2. The second-order valence-corrected chi connectivity index (χ2v) is 9.94. The van der Waals surface area contributed by atoms with Gasteiger partial charge in [0, 0.05) is 47.3 Å². The maximum Gasteiger partial charge on any atom is 0.337 e. The van der Waals surface area contributed by atoms with Crippen LogP contribution in [0.4, 0.5) is 8.78 Å². The summed E-state index contributed by atoms with van der Waals surface area (Å²) < 4.78 is 31.7. The van der Waals surface area contributed by atoms with Gasteiger partial charge in [-0.15, -0.1) is 0 Å². The van der Waals surface area contributed by atoms with Gasteiger partial charge in [0.05, 0.1) is 12.7 Å². The molecule has 1 aliphatic heterocycles. The van der Waals surface area contributed by atoms with Crippen LogP contribution >= 0.6 is 23.2 Å². The van der Waals surface area contributed by atoms with Gasteiger partial charge < -0.3 is 9.64 Å². The molecule has 0 spiro atoms. The third kappa shape index (κ3) is 5.27. The van der Waals surface area contributed by atoms with Gasteiger partial charge in [-0.1, -0.05) is 41.4 Å². The molecule has 178 valence electrons. The first kappa shape index (κ1) is 24.2. The van der Waals surface area contributed by atoms with Crippen molar-refractivity contribution in [3.63, 3.8) is 0 Å². The highest BCUT2D eigenvalue weighted by atomic mass is 35.5. The monoisotopic (exact) mass is 497 g/mol. The van der Waals surface area contributed by atoms with E-state index in [0.29, 0.717) is 54.3 Å². The van der Waals surface area contributed by atoms with E-state index in [4.69, 9.17) is 27.9 Å². The molecule has 2 atom stereocenters. The lowest BCUT2D eigenvalue weighted by Crippen LogP contribution is -2.42. The summed E-state index contributed by atoms with van der Waals surface area (Å²) in [4.78, 5) is 26.5. The molecule has 3 aliphatic rings. The molecular formula is C25H27Cl2F2NO3. The summed E-state index contributed by atoms with van der Waals surface area (Å²) in [6.45, 7) is 0.592. The number of likely N-dealkylation sites (tertiary alicyclic amines) is 1. The molecule has 1 aromatic carbocycles. The van der Waals surface area contributed by atoms with Crippen molar-refractivity contribution in [2.24, 2.45) is 5.92 Å². The van der Waals surface area contributed by atoms with Crippen molar-refractivity contribution in [2.75, 3.05) is 13.7 Å². The van der Waals surface area contributed by atoms with Crippen LogP contribution in [0.5, 0.6) is 0 Å². The Balaban J connectivity index is 1.41. The van der Waals surface area contributed by atoms with E-state index in [1.54, 1.807) is 11.0 Å². The van der Waals surface area contributed by atoms with E-state index in [9.17, 15) is 18.4 Å². The molecule has 1 aromatic rings. The van der Waals surface area contributed by atoms with Crippen molar-refractivity contribution in [2.45, 2.75) is 62.8 Å². The van der Waals surface area contributed by atoms with Gasteiger partial charge in [0.25, 0.3) is 0 Å². The SMILES string of the molecule is COC(=O)C1=CCC(c2cc(Cl)c(C[C@@H]3CCN(C4CCC(F)(F)CC4)C3=O)c(Cl)c2)C=C1. The van der Waals surface area contributed by atoms with E-state index in [0.717, 1.165) is 11.1 Å². The van der Waals surface area contributed by atoms with Gasteiger partial charge in [-0.3, -0.25) is 4.79 Å². The zero-order valence-electron chi connectivity index (χ0n) is 18.5. The normalized spacial score (nSPS) is 25.3. The Hall–Kier alpha value is -1.92. The Morgan fingerprint density at radius 3 is 2.42 bits per heavy atom. The standard InChI is InChI=1S/C25H27Cl2F2NO3/c1-33-24(32)16-4-2-15(3-5-16)18-13-21(26)20(22(27)14-18)12-17-8-11-30(23(17)31)19-6-9-25(28,29)10-7-19/h2,4-5,13-15,17,19H,3,6-12H2,1H3/t15?,17-/m0/s1. The number of amides is 1. The third-order valence-corrected chi connectivity index (χ3v) is 7.72. The topological polar surface area (TPSA) is 46.6 Å². The molecule has 1 amide bonds. The first-order valence-electron chi connectivity index (χ1n) is 11.3. The Morgan fingerprint density at radius 2 is 1.85 bits per heavy atom. The second kappa shape index (κ2) is 9.75. The van der Waals surface area contributed by atoms with Gasteiger partial charge in [-0.25, -0.2) is 13.6 Å². The molecule has 1 saturated heterocycles. The maximum absolute atomic E-state index is 13.5. The van der Waals surface area contributed by atoms with Crippen LogP contribution in [-0.4, -0.2) is 42.4 Å². The number of nitrogens with zero attached hydrogens (tertiary/aromatic N) is 1. The highest BCUT2D eigenvalue weighted by Crippen LogP contribution is 2.39. The molecule has 0 N–H and O–H groups in total. The number of alkyl halides is 2. The Labute approximate surface area is 202 Å². The molecule has 33 heavy (non-hydrogen) atoms. The van der Waals surface area contributed by atoms with Crippen LogP contribution < -0.4 is 0 Å². The van der Waals surface area contributed by atoms with E-state index in [-0.39, 0.29) is 42.6 Å². The number of halogens is 4. The molecular weight excluding hydrogens is 471 g/mol. The van der Waals surface area contributed by atoms with Crippen LogP contribution in [0.3, 0.4) is 0 Å². The first-order chi connectivity index (χ1) is 15.7. The van der Waals surface area contributed by atoms with Crippen molar-refractivity contribution >= 4 is 35.1 Å². The number of esters is 1. The first-order valence-corrected chi connectivity index (χ1v) is 12.1. The fourth-order valence-corrected chi connectivity index (χ4v) is 5.72. The summed E-state index contributed by atoms with van der Waals surface area (Å²) in [7, 11) is 1.35. The minimum atomic E-state index is -2.61. The molecule has 1 saturated carbocycles. The lowest BCUT2D eigenvalue weighted by atomic mass is 9.88. The van der Waals surface area contributed by atoms with Crippen LogP contribution in [0.15, 0.2) is 35.9 Å². The van der Waals surface area contributed by atoms with Crippen LogP contribution in [-0.2, 0) is 20.7 Å². The molecule has 2 aliphatic carbocycles. The smallest absolute Gasteiger partial charge is 0.337 e. The number of methoxy groups -OCH3 is 1. The number of hydrogen-bond donors (Lipinski definition) is 0. The maximum atomic E-state index is 13.5. The summed E-state index contributed by atoms with van der Waals surface area (Å²) in [6.07, 6.45) is 7.63. The average Bonchev–Trinajstić information content (AvgIpc) is 3.15. The summed E-state index contributed by atoms with van der Waals surface area (Å²) in [5.74, 6) is -3.17. The van der Waals surface area contributed by atoms with E-state index in [1.165, 1.54) is 7.11 Å². The molecule has 0 bridgehead atoms. The fraction of sp³-hybridized carbons (Fsp3) is 0.520. The molecule has 0 aromatic heterocycles. The highest BCUT2D eigenvalue weighted by molar-refractivity contribution is 6.36. The fourth-order valence-electron chi connectivity index (χ4n) is 5.07. The zero-order chi connectivity index (χ0) is 23.8. The van der Waals surface area contributed by atoms with E-state index in [2.05, 4.69) is 0 Å². The van der Waals surface area contributed by atoms with Crippen molar-refractivity contribution < 1.29 is 23.1 Å².